The highest BCUT2D eigenvalue weighted by Gasteiger charge is 2.45. The van der Waals surface area contributed by atoms with Gasteiger partial charge in [-0.05, 0) is 73.0 Å². The van der Waals surface area contributed by atoms with Crippen molar-refractivity contribution in [3.8, 4) is 0 Å². The van der Waals surface area contributed by atoms with Crippen LogP contribution in [0.2, 0.25) is 0 Å². The fourth-order valence-corrected chi connectivity index (χ4v) is 8.94. The molecule has 0 saturated heterocycles. The van der Waals surface area contributed by atoms with E-state index in [0.717, 1.165) is 99.3 Å². The van der Waals surface area contributed by atoms with Gasteiger partial charge in [0.15, 0.2) is 5.84 Å². The van der Waals surface area contributed by atoms with Gasteiger partial charge in [-0.2, -0.15) is 0 Å². The number of hydrogen-bond acceptors (Lipinski definition) is 5. The maximum absolute atomic E-state index is 6.69. The normalized spacial score (nSPS) is 17.7. The Kier molecular flexibility index (Phi) is 6.30. The predicted molar refractivity (Wildman–Crippen MR) is 216 cm³/mol. The molecule has 252 valence electrons. The van der Waals surface area contributed by atoms with Crippen LogP contribution in [0.3, 0.4) is 0 Å². The van der Waals surface area contributed by atoms with Crippen LogP contribution in [-0.2, 0) is 5.41 Å². The number of benzene rings is 7. The van der Waals surface area contributed by atoms with E-state index in [4.69, 9.17) is 23.2 Å². The third-order valence-electron chi connectivity index (χ3n) is 11.3. The lowest BCUT2D eigenvalue weighted by molar-refractivity contribution is 0.512. The van der Waals surface area contributed by atoms with Crippen LogP contribution in [0.25, 0.3) is 65.8 Å². The summed E-state index contributed by atoms with van der Waals surface area (Å²) >= 11 is 0. The zero-order chi connectivity index (χ0) is 35.3. The van der Waals surface area contributed by atoms with Gasteiger partial charge in [-0.3, -0.25) is 4.99 Å². The van der Waals surface area contributed by atoms with Crippen molar-refractivity contribution >= 4 is 77.4 Å². The van der Waals surface area contributed by atoms with Gasteiger partial charge in [-0.15, -0.1) is 0 Å². The first-order chi connectivity index (χ1) is 26.1. The molecular weight excluding hydrogens is 653 g/mol. The first-order valence-corrected chi connectivity index (χ1v) is 18.1. The molecule has 53 heavy (non-hydrogen) atoms. The third kappa shape index (κ3) is 4.19. The fourth-order valence-electron chi connectivity index (χ4n) is 8.94. The smallest absolute Gasteiger partial charge is 0.158 e. The molecule has 2 atom stereocenters. The average molecular weight is 685 g/mol. The van der Waals surface area contributed by atoms with Crippen LogP contribution in [0.15, 0.2) is 175 Å². The summed E-state index contributed by atoms with van der Waals surface area (Å²) in [6.45, 7) is 4.29. The monoisotopic (exact) mass is 684 g/mol. The molecule has 0 amide bonds. The topological polar surface area (TPSA) is 64.1 Å². The SMILES string of the molecule is CC1=NC(c2cccc3c2oc2ccccc23)=NC(C)C(c2ccccc2)(c2ccc3oc4ccccc4c3c2)c2cccc3oc4cccc1c4c23. The molecule has 2 unspecified atom stereocenters. The Balaban J connectivity index is 1.32. The summed E-state index contributed by atoms with van der Waals surface area (Å²) in [6, 6.07) is 52.4. The van der Waals surface area contributed by atoms with Crippen molar-refractivity contribution in [1.29, 1.82) is 0 Å². The van der Waals surface area contributed by atoms with Crippen molar-refractivity contribution in [2.24, 2.45) is 9.98 Å². The standard InChI is InChI=1S/C48H32N2O3/c1-28-32-17-11-23-42-44(32)45-38(20-12-24-43(45)52-42)48(30-13-4-3-5-14-30,31-25-26-41-37(27-31)34-16-7-8-21-39(34)51-41)29(2)50-47(49-28)36-19-10-18-35-33-15-6-9-22-40(33)53-46(35)36/h3-27,29H,1-2H3. The minimum Gasteiger partial charge on any atom is -0.456 e. The number of aliphatic imine (C=N–C) groups is 2. The molecule has 0 fully saturated rings. The van der Waals surface area contributed by atoms with Gasteiger partial charge >= 0.3 is 0 Å². The molecule has 5 nitrogen and oxygen atoms in total. The van der Waals surface area contributed by atoms with E-state index in [1.165, 1.54) is 0 Å². The van der Waals surface area contributed by atoms with Gasteiger partial charge in [0.25, 0.3) is 0 Å². The van der Waals surface area contributed by atoms with Crippen molar-refractivity contribution in [3.63, 3.8) is 0 Å². The minimum absolute atomic E-state index is 0.368. The Hall–Kier alpha value is -6.72. The lowest BCUT2D eigenvalue weighted by Crippen LogP contribution is -2.40. The van der Waals surface area contributed by atoms with E-state index in [0.29, 0.717) is 5.84 Å². The highest BCUT2D eigenvalue weighted by atomic mass is 16.3. The zero-order valence-electron chi connectivity index (χ0n) is 29.1. The molecule has 11 rings (SSSR count). The second kappa shape index (κ2) is 11.1. The summed E-state index contributed by atoms with van der Waals surface area (Å²) in [5, 5.41) is 6.36. The molecule has 0 aliphatic carbocycles. The molecule has 0 bridgehead atoms. The lowest BCUT2D eigenvalue weighted by atomic mass is 9.64. The van der Waals surface area contributed by atoms with Gasteiger partial charge in [0.05, 0.1) is 17.0 Å². The molecular formula is C48H32N2O3. The maximum Gasteiger partial charge on any atom is 0.158 e. The van der Waals surface area contributed by atoms with E-state index in [1.807, 2.05) is 36.4 Å². The Morgan fingerprint density at radius 1 is 0.491 bits per heavy atom. The van der Waals surface area contributed by atoms with Gasteiger partial charge in [0.1, 0.15) is 33.5 Å². The van der Waals surface area contributed by atoms with Crippen molar-refractivity contribution in [2.45, 2.75) is 25.3 Å². The lowest BCUT2D eigenvalue weighted by Gasteiger charge is -2.40. The Morgan fingerprint density at radius 2 is 1.09 bits per heavy atom. The minimum atomic E-state index is -0.801. The molecule has 1 aliphatic rings. The molecule has 10 aromatic rings. The van der Waals surface area contributed by atoms with Crippen LogP contribution in [0.1, 0.15) is 41.7 Å². The average Bonchev–Trinajstić information content (AvgIpc) is 3.89. The molecule has 5 heteroatoms. The molecule has 1 aliphatic heterocycles. The molecule has 0 spiro atoms. The maximum atomic E-state index is 6.69. The number of fused-ring (bicyclic) bond motifs is 6. The van der Waals surface area contributed by atoms with Crippen LogP contribution >= 0.6 is 0 Å². The number of rotatable bonds is 3. The molecule has 4 heterocycles. The zero-order valence-corrected chi connectivity index (χ0v) is 29.1. The Morgan fingerprint density at radius 3 is 1.92 bits per heavy atom. The van der Waals surface area contributed by atoms with Gasteiger partial charge in [-0.25, -0.2) is 4.99 Å². The first-order valence-electron chi connectivity index (χ1n) is 18.1. The second-order valence-electron chi connectivity index (χ2n) is 14.0. The van der Waals surface area contributed by atoms with Crippen molar-refractivity contribution < 1.29 is 13.3 Å². The number of nitrogens with zero attached hydrogens (tertiary/aromatic N) is 2. The predicted octanol–water partition coefficient (Wildman–Crippen LogP) is 12.4. The summed E-state index contributed by atoms with van der Waals surface area (Å²) in [6.07, 6.45) is 0. The van der Waals surface area contributed by atoms with E-state index >= 15 is 0 Å². The van der Waals surface area contributed by atoms with Crippen LogP contribution in [0.4, 0.5) is 0 Å². The van der Waals surface area contributed by atoms with Crippen molar-refractivity contribution in [3.05, 3.63) is 179 Å². The summed E-state index contributed by atoms with van der Waals surface area (Å²) in [7, 11) is 0. The number of para-hydroxylation sites is 3. The van der Waals surface area contributed by atoms with Crippen LogP contribution in [-0.4, -0.2) is 17.6 Å². The second-order valence-corrected chi connectivity index (χ2v) is 14.0. The number of amidine groups is 1. The molecule has 0 N–H and O–H groups in total. The van der Waals surface area contributed by atoms with E-state index < -0.39 is 5.41 Å². The Labute approximate surface area is 304 Å². The van der Waals surface area contributed by atoms with Gasteiger partial charge in [0.2, 0.25) is 0 Å². The van der Waals surface area contributed by atoms with Crippen molar-refractivity contribution in [2.75, 3.05) is 0 Å². The third-order valence-corrected chi connectivity index (χ3v) is 11.3. The molecule has 3 aromatic heterocycles. The van der Waals surface area contributed by atoms with E-state index in [1.54, 1.807) is 0 Å². The van der Waals surface area contributed by atoms with E-state index in [2.05, 4.69) is 129 Å². The number of hydrogen-bond donors (Lipinski definition) is 0. The molecule has 7 aromatic carbocycles. The van der Waals surface area contributed by atoms with Crippen molar-refractivity contribution in [1.82, 2.24) is 0 Å². The van der Waals surface area contributed by atoms with Crippen LogP contribution in [0.5, 0.6) is 0 Å². The highest BCUT2D eigenvalue weighted by Crippen LogP contribution is 2.50. The summed E-state index contributed by atoms with van der Waals surface area (Å²) in [5.41, 5.74) is 10.2. The first kappa shape index (κ1) is 30.0. The van der Waals surface area contributed by atoms with Crippen LogP contribution < -0.4 is 0 Å². The van der Waals surface area contributed by atoms with Gasteiger partial charge < -0.3 is 13.3 Å². The van der Waals surface area contributed by atoms with Gasteiger partial charge in [-0.1, -0.05) is 109 Å². The Bertz CT molecular complexity index is 3160. The quantitative estimate of drug-likeness (QED) is 0.186. The summed E-state index contributed by atoms with van der Waals surface area (Å²) in [5.74, 6) is 0.617. The van der Waals surface area contributed by atoms with Crippen LogP contribution in [0, 0.1) is 0 Å². The van der Waals surface area contributed by atoms with E-state index in [9.17, 15) is 0 Å². The largest absolute Gasteiger partial charge is 0.456 e. The number of furan rings is 3. The summed E-state index contributed by atoms with van der Waals surface area (Å²) in [4.78, 5) is 11.2. The molecule has 0 saturated carbocycles. The fraction of sp³-hybridized carbons (Fsp3) is 0.0833. The summed E-state index contributed by atoms with van der Waals surface area (Å²) < 4.78 is 19.7. The highest BCUT2D eigenvalue weighted by molar-refractivity contribution is 6.24. The molecule has 0 radical (unpaired) electrons. The van der Waals surface area contributed by atoms with E-state index in [-0.39, 0.29) is 6.04 Å². The van der Waals surface area contributed by atoms with Gasteiger partial charge in [0, 0.05) is 43.6 Å².